The normalized spacial score (nSPS) is 10.7. The van der Waals surface area contributed by atoms with Crippen LogP contribution in [0.3, 0.4) is 0 Å². The first-order valence-corrected chi connectivity index (χ1v) is 15.2. The van der Waals surface area contributed by atoms with E-state index in [1.165, 1.54) is 0 Å². The number of ether oxygens (including phenoxy) is 5. The Hall–Kier alpha value is -6.08. The van der Waals surface area contributed by atoms with Crippen LogP contribution < -0.4 is 35.2 Å². The van der Waals surface area contributed by atoms with Gasteiger partial charge in [-0.1, -0.05) is 24.3 Å². The molecule has 6 aromatic carbocycles. The summed E-state index contributed by atoms with van der Waals surface area (Å²) in [4.78, 5) is 0. The molecule has 0 aliphatic rings. The molecule has 47 heavy (non-hydrogen) atoms. The molecule has 0 saturated carbocycles. The van der Waals surface area contributed by atoms with E-state index in [0.29, 0.717) is 45.9 Å². The summed E-state index contributed by atoms with van der Waals surface area (Å²) < 4.78 is 30.9. The van der Waals surface area contributed by atoms with Crippen molar-refractivity contribution in [2.24, 2.45) is 0 Å². The quantitative estimate of drug-likeness (QED) is 0.146. The minimum absolute atomic E-state index is 0.640. The number of nitrogens with two attached hydrogens (primary N) is 2. The summed E-state index contributed by atoms with van der Waals surface area (Å²) in [5.41, 5.74) is 16.8. The smallest absolute Gasteiger partial charge is 0.131 e. The maximum Gasteiger partial charge on any atom is 0.131 e. The summed E-state index contributed by atoms with van der Waals surface area (Å²) in [7, 11) is 0. The van der Waals surface area contributed by atoms with Gasteiger partial charge in [0.2, 0.25) is 0 Å². The molecule has 0 saturated heterocycles. The van der Waals surface area contributed by atoms with Crippen molar-refractivity contribution in [3.8, 4) is 57.5 Å². The van der Waals surface area contributed by atoms with Gasteiger partial charge in [0.25, 0.3) is 0 Å². The third-order valence-electron chi connectivity index (χ3n) is 7.42. The highest BCUT2D eigenvalue weighted by atomic mass is 16.5. The van der Waals surface area contributed by atoms with Gasteiger partial charge in [-0.2, -0.15) is 0 Å². The second kappa shape index (κ2) is 13.5. The van der Waals surface area contributed by atoms with Crippen molar-refractivity contribution in [3.05, 3.63) is 144 Å². The fourth-order valence-electron chi connectivity index (χ4n) is 4.97. The molecular formula is C40H36N2O5. The van der Waals surface area contributed by atoms with Gasteiger partial charge in [0.05, 0.1) is 0 Å². The maximum atomic E-state index is 6.43. The fraction of sp³-hybridized carbons (Fsp3) is 0.100. The molecule has 0 spiro atoms. The van der Waals surface area contributed by atoms with Crippen LogP contribution in [0.4, 0.5) is 11.4 Å². The third-order valence-corrected chi connectivity index (χ3v) is 7.42. The lowest BCUT2D eigenvalue weighted by atomic mass is 10.1. The molecule has 7 nitrogen and oxygen atoms in total. The number of hydrogen-bond donors (Lipinski definition) is 2. The van der Waals surface area contributed by atoms with Crippen LogP contribution in [-0.4, -0.2) is 0 Å². The molecule has 0 fully saturated rings. The van der Waals surface area contributed by atoms with Crippen LogP contribution in [0.1, 0.15) is 22.3 Å². The molecule has 236 valence electrons. The van der Waals surface area contributed by atoms with E-state index in [9.17, 15) is 0 Å². The number of rotatable bonds is 10. The Kier molecular flexibility index (Phi) is 8.88. The predicted molar refractivity (Wildman–Crippen MR) is 187 cm³/mol. The Morgan fingerprint density at radius 1 is 0.319 bits per heavy atom. The second-order valence-electron chi connectivity index (χ2n) is 11.4. The minimum atomic E-state index is 0.640. The van der Waals surface area contributed by atoms with E-state index in [4.69, 9.17) is 35.2 Å². The zero-order valence-corrected chi connectivity index (χ0v) is 26.7. The Morgan fingerprint density at radius 3 is 0.936 bits per heavy atom. The standard InChI is InChI=1S/C40H36N2O5/c1-25-19-39(27(3)17-37(25)45-35-15-7-13-33(23-35)43-31-11-5-9-29(41)21-31)47-40-20-26(2)38(18-28(40)4)46-36-16-8-14-34(24-36)44-32-12-6-10-30(42)22-32/h5-24H,41-42H2,1-4H3. The van der Waals surface area contributed by atoms with Crippen LogP contribution in [0.2, 0.25) is 0 Å². The summed E-state index contributed by atoms with van der Waals surface area (Å²) in [5.74, 6) is 6.90. The van der Waals surface area contributed by atoms with Gasteiger partial charge in [0.15, 0.2) is 0 Å². The van der Waals surface area contributed by atoms with E-state index >= 15 is 0 Å². The molecule has 0 aromatic heterocycles. The fourth-order valence-corrected chi connectivity index (χ4v) is 4.97. The minimum Gasteiger partial charge on any atom is -0.457 e. The SMILES string of the molecule is Cc1cc(Oc2cc(C)c(Oc3cccc(Oc4cccc(N)c4)c3)cc2C)c(C)cc1Oc1cccc(Oc2cccc(N)c2)c1. The Bertz CT molecular complexity index is 1910. The highest BCUT2D eigenvalue weighted by Crippen LogP contribution is 2.39. The van der Waals surface area contributed by atoms with Crippen molar-refractivity contribution >= 4 is 11.4 Å². The average Bonchev–Trinajstić information content (AvgIpc) is 3.02. The molecule has 0 amide bonds. The summed E-state index contributed by atoms with van der Waals surface area (Å²) in [6, 6.07) is 37.6. The first kappa shape index (κ1) is 30.9. The molecule has 0 aliphatic carbocycles. The number of hydrogen-bond acceptors (Lipinski definition) is 7. The zero-order chi connectivity index (χ0) is 32.9. The number of benzene rings is 6. The van der Waals surface area contributed by atoms with Crippen LogP contribution in [0.25, 0.3) is 0 Å². The van der Waals surface area contributed by atoms with Gasteiger partial charge in [-0.15, -0.1) is 0 Å². The molecule has 6 aromatic rings. The average molecular weight is 625 g/mol. The largest absolute Gasteiger partial charge is 0.457 e. The summed E-state index contributed by atoms with van der Waals surface area (Å²) in [5, 5.41) is 0. The first-order chi connectivity index (χ1) is 22.7. The topological polar surface area (TPSA) is 98.2 Å². The van der Waals surface area contributed by atoms with E-state index in [2.05, 4.69) is 0 Å². The van der Waals surface area contributed by atoms with Gasteiger partial charge < -0.3 is 35.2 Å². The van der Waals surface area contributed by atoms with E-state index in [1.54, 1.807) is 12.1 Å². The van der Waals surface area contributed by atoms with Crippen LogP contribution in [-0.2, 0) is 0 Å². The molecule has 0 heterocycles. The lowest BCUT2D eigenvalue weighted by Crippen LogP contribution is -1.96. The molecule has 7 heteroatoms. The molecule has 4 N–H and O–H groups in total. The van der Waals surface area contributed by atoms with Crippen molar-refractivity contribution in [2.75, 3.05) is 11.5 Å². The van der Waals surface area contributed by atoms with E-state index in [0.717, 1.165) is 45.3 Å². The van der Waals surface area contributed by atoms with E-state index in [1.807, 2.05) is 137 Å². The van der Waals surface area contributed by atoms with Gasteiger partial charge in [0.1, 0.15) is 57.5 Å². The molecule has 0 bridgehead atoms. The van der Waals surface area contributed by atoms with Crippen LogP contribution in [0.5, 0.6) is 57.5 Å². The Morgan fingerprint density at radius 2 is 0.596 bits per heavy atom. The second-order valence-corrected chi connectivity index (χ2v) is 11.4. The van der Waals surface area contributed by atoms with Crippen molar-refractivity contribution in [3.63, 3.8) is 0 Å². The first-order valence-electron chi connectivity index (χ1n) is 15.2. The Balaban J connectivity index is 1.14. The predicted octanol–water partition coefficient (Wildman–Crippen LogP) is 11.0. The molecule has 6 rings (SSSR count). The molecule has 0 atom stereocenters. The number of nitrogen functional groups attached to an aromatic ring is 2. The van der Waals surface area contributed by atoms with Crippen molar-refractivity contribution < 1.29 is 23.7 Å². The van der Waals surface area contributed by atoms with Crippen LogP contribution in [0.15, 0.2) is 121 Å². The van der Waals surface area contributed by atoms with Gasteiger partial charge in [-0.05, 0) is 123 Å². The van der Waals surface area contributed by atoms with Crippen molar-refractivity contribution in [2.45, 2.75) is 27.7 Å². The van der Waals surface area contributed by atoms with Gasteiger partial charge in [-0.3, -0.25) is 0 Å². The van der Waals surface area contributed by atoms with Crippen molar-refractivity contribution in [1.29, 1.82) is 0 Å². The molecule has 0 radical (unpaired) electrons. The lowest BCUT2D eigenvalue weighted by Gasteiger charge is -2.17. The molecule has 0 unspecified atom stereocenters. The Labute approximate surface area is 274 Å². The monoisotopic (exact) mass is 624 g/mol. The van der Waals surface area contributed by atoms with Gasteiger partial charge >= 0.3 is 0 Å². The maximum absolute atomic E-state index is 6.43. The molecule has 0 aliphatic heterocycles. The highest BCUT2D eigenvalue weighted by molar-refractivity contribution is 5.53. The van der Waals surface area contributed by atoms with Crippen LogP contribution >= 0.6 is 0 Å². The highest BCUT2D eigenvalue weighted by Gasteiger charge is 2.14. The van der Waals surface area contributed by atoms with E-state index in [-0.39, 0.29) is 0 Å². The van der Waals surface area contributed by atoms with E-state index < -0.39 is 0 Å². The van der Waals surface area contributed by atoms with Crippen LogP contribution in [0, 0.1) is 27.7 Å². The third kappa shape index (κ3) is 7.78. The summed E-state index contributed by atoms with van der Waals surface area (Å²) >= 11 is 0. The van der Waals surface area contributed by atoms with Crippen molar-refractivity contribution in [1.82, 2.24) is 0 Å². The molecular weight excluding hydrogens is 588 g/mol. The summed E-state index contributed by atoms with van der Waals surface area (Å²) in [6.45, 7) is 7.99. The zero-order valence-electron chi connectivity index (χ0n) is 26.7. The number of aryl methyl sites for hydroxylation is 4. The van der Waals surface area contributed by atoms with Gasteiger partial charge in [-0.25, -0.2) is 0 Å². The number of anilines is 2. The van der Waals surface area contributed by atoms with Gasteiger partial charge in [0, 0.05) is 35.6 Å². The summed E-state index contributed by atoms with van der Waals surface area (Å²) in [6.07, 6.45) is 0. The lowest BCUT2D eigenvalue weighted by molar-refractivity contribution is 0.448.